The van der Waals surface area contributed by atoms with Crippen LogP contribution < -0.4 is 0 Å². The third-order valence-electron chi connectivity index (χ3n) is 2.05. The molecule has 1 aromatic heterocycles. The van der Waals surface area contributed by atoms with Gasteiger partial charge in [-0.1, -0.05) is 27.7 Å². The molecular formula is C10H6BrClF3NS. The Morgan fingerprint density at radius 1 is 1.35 bits per heavy atom. The molecule has 0 amide bonds. The Balaban J connectivity index is 2.25. The summed E-state index contributed by atoms with van der Waals surface area (Å²) in [6.07, 6.45) is 0. The molecule has 7 heteroatoms. The molecule has 1 N–H and O–H groups in total. The lowest BCUT2D eigenvalue weighted by molar-refractivity contribution is 0.0485. The Hall–Kier alpha value is -0.330. The number of nitrogens with one attached hydrogen (secondary N) is 1. The number of halogens is 5. The summed E-state index contributed by atoms with van der Waals surface area (Å²) in [5, 5.41) is -2.75. The molecule has 2 rings (SSSR count). The molecule has 92 valence electrons. The first-order valence-corrected chi connectivity index (χ1v) is 6.57. The quantitative estimate of drug-likeness (QED) is 0.601. The maximum absolute atomic E-state index is 13.1. The zero-order chi connectivity index (χ0) is 12.6. The summed E-state index contributed by atoms with van der Waals surface area (Å²) in [5.41, 5.74) is -1.73. The van der Waals surface area contributed by atoms with E-state index in [1.807, 2.05) is 6.07 Å². The lowest BCUT2D eigenvalue weighted by Gasteiger charge is -2.11. The largest absolute Gasteiger partial charge is 0.362 e. The van der Waals surface area contributed by atoms with E-state index in [0.717, 1.165) is 15.4 Å². The van der Waals surface area contributed by atoms with Crippen molar-refractivity contribution in [3.8, 4) is 0 Å². The smallest absolute Gasteiger partial charge is 0.350 e. The molecule has 1 atom stereocenters. The van der Waals surface area contributed by atoms with Crippen LogP contribution in [0.15, 0.2) is 33.8 Å². The topological polar surface area (TPSA) is 15.8 Å². The molecule has 0 fully saturated rings. The van der Waals surface area contributed by atoms with Crippen LogP contribution in [0.25, 0.3) is 10.9 Å². The number of aromatic nitrogens is 1. The number of thioether (sulfide) groups is 1. The van der Waals surface area contributed by atoms with Gasteiger partial charge in [-0.25, -0.2) is 4.39 Å². The van der Waals surface area contributed by atoms with Crippen LogP contribution >= 0.6 is 39.3 Å². The predicted octanol–water partition coefficient (Wildman–Crippen LogP) is 5.15. The molecule has 0 aliphatic carbocycles. The molecule has 1 nitrogen and oxygen atoms in total. The molecular weight excluding hydrogens is 339 g/mol. The van der Waals surface area contributed by atoms with E-state index in [1.165, 1.54) is 0 Å². The summed E-state index contributed by atoms with van der Waals surface area (Å²) < 4.78 is 38.9. The van der Waals surface area contributed by atoms with Crippen LogP contribution in [0.4, 0.5) is 13.2 Å². The van der Waals surface area contributed by atoms with Gasteiger partial charge in [-0.2, -0.15) is 8.78 Å². The highest BCUT2D eigenvalue weighted by Gasteiger charge is 2.38. The van der Waals surface area contributed by atoms with Crippen molar-refractivity contribution in [2.24, 2.45) is 0 Å². The molecule has 1 aromatic carbocycles. The normalized spacial score (nSPS) is 14.2. The van der Waals surface area contributed by atoms with Crippen LogP contribution in [0.1, 0.15) is 0 Å². The van der Waals surface area contributed by atoms with Crippen LogP contribution in [0.2, 0.25) is 0 Å². The maximum atomic E-state index is 13.1. The minimum Gasteiger partial charge on any atom is -0.350 e. The first-order valence-electron chi connectivity index (χ1n) is 4.52. The van der Waals surface area contributed by atoms with Crippen LogP contribution in [-0.2, 0) is 0 Å². The Labute approximate surface area is 113 Å². The SMILES string of the molecule is FC(Sc1cc2cc(Br)ccc2[nH]1)C(F)(F)Cl. The summed E-state index contributed by atoms with van der Waals surface area (Å²) in [7, 11) is 0. The Bertz CT molecular complexity index is 540. The number of alkyl halides is 4. The number of benzene rings is 1. The van der Waals surface area contributed by atoms with E-state index < -0.39 is 10.9 Å². The number of aromatic amines is 1. The number of H-pyrrole nitrogens is 1. The number of hydrogen-bond donors (Lipinski definition) is 1. The van der Waals surface area contributed by atoms with Crippen molar-refractivity contribution in [2.45, 2.75) is 15.9 Å². The third-order valence-corrected chi connectivity index (χ3v) is 3.84. The minimum atomic E-state index is -3.87. The summed E-state index contributed by atoms with van der Waals surface area (Å²) >= 11 is 8.26. The zero-order valence-electron chi connectivity index (χ0n) is 8.18. The monoisotopic (exact) mass is 343 g/mol. The first kappa shape index (κ1) is 13.1. The van der Waals surface area contributed by atoms with Gasteiger partial charge >= 0.3 is 5.38 Å². The van der Waals surface area contributed by atoms with Crippen LogP contribution in [0.5, 0.6) is 0 Å². The van der Waals surface area contributed by atoms with E-state index in [1.54, 1.807) is 18.2 Å². The molecule has 0 radical (unpaired) electrons. The van der Waals surface area contributed by atoms with Gasteiger partial charge in [0.2, 0.25) is 5.50 Å². The summed E-state index contributed by atoms with van der Waals surface area (Å²) in [4.78, 5) is 2.84. The zero-order valence-corrected chi connectivity index (χ0v) is 11.3. The fourth-order valence-corrected chi connectivity index (χ4v) is 2.55. The predicted molar refractivity (Wildman–Crippen MR) is 67.6 cm³/mol. The molecule has 2 aromatic rings. The van der Waals surface area contributed by atoms with Gasteiger partial charge in [-0.3, -0.25) is 0 Å². The van der Waals surface area contributed by atoms with Crippen molar-refractivity contribution in [2.75, 3.05) is 0 Å². The molecule has 0 aliphatic heterocycles. The second-order valence-corrected chi connectivity index (χ2v) is 5.85. The lowest BCUT2D eigenvalue weighted by Crippen LogP contribution is -2.19. The second kappa shape index (κ2) is 4.74. The highest BCUT2D eigenvalue weighted by molar-refractivity contribution is 9.10. The highest BCUT2D eigenvalue weighted by Crippen LogP contribution is 2.38. The molecule has 1 unspecified atom stereocenters. The minimum absolute atomic E-state index is 0.311. The van der Waals surface area contributed by atoms with Crippen LogP contribution in [0, 0.1) is 0 Å². The number of fused-ring (bicyclic) bond motifs is 1. The average Bonchev–Trinajstić information content (AvgIpc) is 2.57. The Morgan fingerprint density at radius 3 is 2.71 bits per heavy atom. The van der Waals surface area contributed by atoms with Crippen molar-refractivity contribution in [1.29, 1.82) is 0 Å². The second-order valence-electron chi connectivity index (χ2n) is 3.34. The Morgan fingerprint density at radius 2 is 2.06 bits per heavy atom. The van der Waals surface area contributed by atoms with Gasteiger partial charge in [0.1, 0.15) is 0 Å². The molecule has 0 aliphatic rings. The number of hydrogen-bond acceptors (Lipinski definition) is 1. The molecule has 1 heterocycles. The van der Waals surface area contributed by atoms with Crippen molar-refractivity contribution >= 4 is 50.2 Å². The first-order chi connectivity index (χ1) is 7.86. The standard InChI is InChI=1S/C10H6BrClF3NS/c11-6-1-2-7-5(3-6)4-8(16-7)17-9(13)10(12,14)15/h1-4,9,16H. The molecule has 0 saturated carbocycles. The molecule has 17 heavy (non-hydrogen) atoms. The molecule has 0 bridgehead atoms. The van der Waals surface area contributed by atoms with Gasteiger partial charge in [0.15, 0.2) is 0 Å². The van der Waals surface area contributed by atoms with Crippen molar-refractivity contribution in [3.63, 3.8) is 0 Å². The van der Waals surface area contributed by atoms with E-state index in [-0.39, 0.29) is 0 Å². The van der Waals surface area contributed by atoms with E-state index in [9.17, 15) is 13.2 Å². The average molecular weight is 345 g/mol. The van der Waals surface area contributed by atoms with Gasteiger partial charge < -0.3 is 4.98 Å². The van der Waals surface area contributed by atoms with E-state index >= 15 is 0 Å². The Kier molecular flexibility index (Phi) is 3.66. The van der Waals surface area contributed by atoms with Crippen LogP contribution in [0.3, 0.4) is 0 Å². The third kappa shape index (κ3) is 3.11. The molecule has 0 saturated heterocycles. The van der Waals surface area contributed by atoms with Crippen molar-refractivity contribution < 1.29 is 13.2 Å². The van der Waals surface area contributed by atoms with E-state index in [0.29, 0.717) is 16.8 Å². The summed E-state index contributed by atoms with van der Waals surface area (Å²) in [6.45, 7) is 0. The van der Waals surface area contributed by atoms with Gasteiger partial charge in [-0.05, 0) is 35.9 Å². The van der Waals surface area contributed by atoms with Gasteiger partial charge in [0, 0.05) is 15.4 Å². The maximum Gasteiger partial charge on any atom is 0.362 e. The van der Waals surface area contributed by atoms with Crippen LogP contribution in [-0.4, -0.2) is 15.9 Å². The molecule has 0 spiro atoms. The fraction of sp³-hybridized carbons (Fsp3) is 0.200. The van der Waals surface area contributed by atoms with Crippen molar-refractivity contribution in [3.05, 3.63) is 28.7 Å². The van der Waals surface area contributed by atoms with Gasteiger partial charge in [0.25, 0.3) is 0 Å². The fourth-order valence-electron chi connectivity index (χ4n) is 1.32. The van der Waals surface area contributed by atoms with Gasteiger partial charge in [-0.15, -0.1) is 0 Å². The van der Waals surface area contributed by atoms with E-state index in [4.69, 9.17) is 0 Å². The number of rotatable bonds is 3. The van der Waals surface area contributed by atoms with Crippen molar-refractivity contribution in [1.82, 2.24) is 4.98 Å². The summed E-state index contributed by atoms with van der Waals surface area (Å²) in [6, 6.07) is 6.98. The van der Waals surface area contributed by atoms with E-state index in [2.05, 4.69) is 32.5 Å². The lowest BCUT2D eigenvalue weighted by atomic mass is 10.3. The highest BCUT2D eigenvalue weighted by atomic mass is 79.9. The van der Waals surface area contributed by atoms with Gasteiger partial charge in [0.05, 0.1) is 5.03 Å². The summed E-state index contributed by atoms with van der Waals surface area (Å²) in [5.74, 6) is 0.